The Morgan fingerprint density at radius 1 is 1.19 bits per heavy atom. The minimum atomic E-state index is -1.58. The Morgan fingerprint density at radius 2 is 1.90 bits per heavy atom. The van der Waals surface area contributed by atoms with Crippen molar-refractivity contribution < 1.29 is 24.6 Å². The molecular weight excluding hydrogens is 400 g/mol. The van der Waals surface area contributed by atoms with E-state index in [2.05, 4.69) is 22.8 Å². The first-order chi connectivity index (χ1) is 14.8. The van der Waals surface area contributed by atoms with Gasteiger partial charge in [0.25, 0.3) is 0 Å². The molecule has 0 radical (unpaired) electrons. The molecule has 0 saturated carbocycles. The van der Waals surface area contributed by atoms with Gasteiger partial charge in [-0.2, -0.15) is 0 Å². The van der Waals surface area contributed by atoms with Gasteiger partial charge in [0.2, 0.25) is 5.91 Å². The number of pyridine rings is 1. The number of carbonyl (C=O) groups excluding carboxylic acids is 2. The number of carboxylic acids is 1. The molecule has 4 N–H and O–H groups in total. The number of piperidine rings is 1. The number of rotatable bonds is 7. The number of hydrogen-bond acceptors (Lipinski definition) is 5. The van der Waals surface area contributed by atoms with Crippen LogP contribution < -0.4 is 10.6 Å². The molecule has 1 aliphatic heterocycles. The molecule has 1 aromatic rings. The molecule has 0 spiro atoms. The topological polar surface area (TPSA) is 132 Å². The molecule has 9 heteroatoms. The molecule has 170 valence electrons. The van der Waals surface area contributed by atoms with E-state index in [1.54, 1.807) is 4.90 Å². The molecule has 31 heavy (non-hydrogen) atoms. The average molecular weight is 433 g/mol. The third-order valence-electron chi connectivity index (χ3n) is 6.17. The standard InChI is InChI=1S/C22H32N4O5/c1-15(27)24-19(20(28)29)22(31)10-13-26(14-11-22)21(30)23-12-4-6-17-9-8-16-5-2-3-7-18(16)25-17/h8-9,19,31H,2-7,10-14H2,1H3,(H,23,30)(H,24,27)(H,28,29)/t19-/m0/s1. The lowest BCUT2D eigenvalue weighted by Crippen LogP contribution is -2.61. The summed E-state index contributed by atoms with van der Waals surface area (Å²) in [6.07, 6.45) is 6.32. The summed E-state index contributed by atoms with van der Waals surface area (Å²) in [7, 11) is 0. The van der Waals surface area contributed by atoms with E-state index in [1.165, 1.54) is 31.0 Å². The molecule has 2 heterocycles. The monoisotopic (exact) mass is 432 g/mol. The van der Waals surface area contributed by atoms with Crippen LogP contribution in [0.15, 0.2) is 12.1 Å². The number of urea groups is 1. The largest absolute Gasteiger partial charge is 0.480 e. The maximum Gasteiger partial charge on any atom is 0.329 e. The highest BCUT2D eigenvalue weighted by Crippen LogP contribution is 2.26. The van der Waals surface area contributed by atoms with Gasteiger partial charge in [-0.3, -0.25) is 9.78 Å². The van der Waals surface area contributed by atoms with Gasteiger partial charge in [-0.05, 0) is 63.0 Å². The van der Waals surface area contributed by atoms with Gasteiger partial charge in [-0.25, -0.2) is 9.59 Å². The molecule has 1 fully saturated rings. The predicted octanol–water partition coefficient (Wildman–Crippen LogP) is 1.02. The summed E-state index contributed by atoms with van der Waals surface area (Å²) >= 11 is 0. The fourth-order valence-corrected chi connectivity index (χ4v) is 4.36. The molecule has 0 aromatic carbocycles. The quantitative estimate of drug-likeness (QED) is 0.476. The molecule has 1 atom stereocenters. The van der Waals surface area contributed by atoms with Crippen LogP contribution in [0.3, 0.4) is 0 Å². The highest BCUT2D eigenvalue weighted by Gasteiger charge is 2.45. The number of carbonyl (C=O) groups is 3. The zero-order valence-electron chi connectivity index (χ0n) is 18.0. The number of aromatic nitrogens is 1. The number of aliphatic carboxylic acids is 1. The molecular formula is C22H32N4O5. The van der Waals surface area contributed by atoms with Crippen LogP contribution in [-0.2, 0) is 28.9 Å². The maximum absolute atomic E-state index is 12.4. The number of nitrogens with one attached hydrogen (secondary N) is 2. The number of likely N-dealkylation sites (tertiary alicyclic amines) is 1. The smallest absolute Gasteiger partial charge is 0.329 e. The number of aliphatic hydroxyl groups is 1. The lowest BCUT2D eigenvalue weighted by Gasteiger charge is -2.41. The van der Waals surface area contributed by atoms with Crippen molar-refractivity contribution in [3.63, 3.8) is 0 Å². The van der Waals surface area contributed by atoms with Crippen molar-refractivity contribution in [2.45, 2.75) is 69.9 Å². The zero-order valence-corrected chi connectivity index (χ0v) is 18.0. The maximum atomic E-state index is 12.4. The first-order valence-corrected chi connectivity index (χ1v) is 11.0. The Balaban J connectivity index is 1.42. The fraction of sp³-hybridized carbons (Fsp3) is 0.636. The fourth-order valence-electron chi connectivity index (χ4n) is 4.36. The predicted molar refractivity (Wildman–Crippen MR) is 114 cm³/mol. The SMILES string of the molecule is CC(=O)N[C@@H](C(=O)O)C1(O)CCN(C(=O)NCCCc2ccc3c(n2)CCCC3)CC1. The number of carboxylic acid groups (broad SMARTS) is 1. The van der Waals surface area contributed by atoms with Gasteiger partial charge in [-0.1, -0.05) is 6.07 Å². The van der Waals surface area contributed by atoms with Gasteiger partial charge in [0.05, 0.1) is 5.60 Å². The first kappa shape index (κ1) is 23.0. The van der Waals surface area contributed by atoms with Crippen LogP contribution in [0, 0.1) is 0 Å². The van der Waals surface area contributed by atoms with E-state index in [9.17, 15) is 24.6 Å². The Bertz CT molecular complexity index is 820. The molecule has 1 aliphatic carbocycles. The van der Waals surface area contributed by atoms with Crippen molar-refractivity contribution in [3.05, 3.63) is 29.1 Å². The summed E-state index contributed by atoms with van der Waals surface area (Å²) in [6.45, 7) is 2.17. The third-order valence-corrected chi connectivity index (χ3v) is 6.17. The summed E-state index contributed by atoms with van der Waals surface area (Å²) in [5, 5.41) is 25.2. The van der Waals surface area contributed by atoms with Gasteiger partial charge in [-0.15, -0.1) is 0 Å². The molecule has 1 aromatic heterocycles. The van der Waals surface area contributed by atoms with Crippen molar-refractivity contribution in [1.82, 2.24) is 20.5 Å². The molecule has 3 rings (SSSR count). The van der Waals surface area contributed by atoms with Crippen LogP contribution in [-0.4, -0.2) is 69.3 Å². The molecule has 3 amide bonds. The van der Waals surface area contributed by atoms with E-state index < -0.39 is 23.5 Å². The van der Waals surface area contributed by atoms with E-state index >= 15 is 0 Å². The second-order valence-electron chi connectivity index (χ2n) is 8.51. The highest BCUT2D eigenvalue weighted by atomic mass is 16.4. The average Bonchev–Trinajstić information content (AvgIpc) is 2.75. The van der Waals surface area contributed by atoms with Crippen LogP contribution >= 0.6 is 0 Å². The van der Waals surface area contributed by atoms with Gasteiger partial charge in [0.15, 0.2) is 6.04 Å². The number of fused-ring (bicyclic) bond motifs is 1. The third kappa shape index (κ3) is 5.94. The van der Waals surface area contributed by atoms with Crippen LogP contribution in [0.2, 0.25) is 0 Å². The van der Waals surface area contributed by atoms with Gasteiger partial charge < -0.3 is 25.7 Å². The molecule has 2 aliphatic rings. The number of amides is 3. The second kappa shape index (κ2) is 10.1. The summed E-state index contributed by atoms with van der Waals surface area (Å²) < 4.78 is 0. The van der Waals surface area contributed by atoms with Crippen molar-refractivity contribution in [1.29, 1.82) is 0 Å². The Hall–Kier alpha value is -2.68. The van der Waals surface area contributed by atoms with Crippen LogP contribution in [0.5, 0.6) is 0 Å². The van der Waals surface area contributed by atoms with Crippen LogP contribution in [0.25, 0.3) is 0 Å². The number of nitrogens with zero attached hydrogens (tertiary/aromatic N) is 2. The minimum Gasteiger partial charge on any atom is -0.480 e. The molecule has 1 saturated heterocycles. The molecule has 0 bridgehead atoms. The van der Waals surface area contributed by atoms with Crippen LogP contribution in [0.4, 0.5) is 4.79 Å². The van der Waals surface area contributed by atoms with Gasteiger partial charge in [0.1, 0.15) is 0 Å². The second-order valence-corrected chi connectivity index (χ2v) is 8.51. The number of hydrogen-bond donors (Lipinski definition) is 4. The van der Waals surface area contributed by atoms with E-state index in [0.717, 1.165) is 31.4 Å². The molecule has 0 unspecified atom stereocenters. The minimum absolute atomic E-state index is 0.0801. The van der Waals surface area contributed by atoms with Crippen molar-refractivity contribution >= 4 is 17.9 Å². The molecule has 9 nitrogen and oxygen atoms in total. The van der Waals surface area contributed by atoms with E-state index in [4.69, 9.17) is 4.98 Å². The van der Waals surface area contributed by atoms with E-state index in [1.807, 2.05) is 0 Å². The Kier molecular flexibility index (Phi) is 7.48. The van der Waals surface area contributed by atoms with Crippen LogP contribution in [0.1, 0.15) is 56.0 Å². The highest BCUT2D eigenvalue weighted by molar-refractivity contribution is 5.83. The van der Waals surface area contributed by atoms with Crippen molar-refractivity contribution in [2.75, 3.05) is 19.6 Å². The van der Waals surface area contributed by atoms with Crippen molar-refractivity contribution in [2.24, 2.45) is 0 Å². The summed E-state index contributed by atoms with van der Waals surface area (Å²) in [6, 6.07) is 2.63. The van der Waals surface area contributed by atoms with Gasteiger partial charge in [0, 0.05) is 37.9 Å². The first-order valence-electron chi connectivity index (χ1n) is 11.0. The van der Waals surface area contributed by atoms with E-state index in [0.29, 0.717) is 6.54 Å². The Morgan fingerprint density at radius 3 is 2.58 bits per heavy atom. The summed E-state index contributed by atoms with van der Waals surface area (Å²) in [5.74, 6) is -1.80. The van der Waals surface area contributed by atoms with Crippen molar-refractivity contribution in [3.8, 4) is 0 Å². The van der Waals surface area contributed by atoms with E-state index in [-0.39, 0.29) is 32.0 Å². The van der Waals surface area contributed by atoms with Gasteiger partial charge >= 0.3 is 12.0 Å². The summed E-state index contributed by atoms with van der Waals surface area (Å²) in [4.78, 5) is 41.5. The summed E-state index contributed by atoms with van der Waals surface area (Å²) in [5.41, 5.74) is 2.05. The Labute approximate surface area is 182 Å². The zero-order chi connectivity index (χ0) is 22.4. The number of aryl methyl sites for hydroxylation is 3. The lowest BCUT2D eigenvalue weighted by molar-refractivity contribution is -0.152. The normalized spacial score (nSPS) is 18.6. The lowest BCUT2D eigenvalue weighted by atomic mass is 9.84.